The molecule has 10 heteroatoms. The fourth-order valence-corrected chi connectivity index (χ4v) is 1.88. The highest BCUT2D eigenvalue weighted by Crippen LogP contribution is 2.36. The van der Waals surface area contributed by atoms with Crippen molar-refractivity contribution in [2.24, 2.45) is 0 Å². The molecule has 0 bridgehead atoms. The van der Waals surface area contributed by atoms with E-state index in [1.54, 1.807) is 6.07 Å². The third kappa shape index (κ3) is 3.93. The van der Waals surface area contributed by atoms with Gasteiger partial charge in [0.05, 0.1) is 5.69 Å². The van der Waals surface area contributed by atoms with E-state index in [4.69, 9.17) is 5.26 Å². The van der Waals surface area contributed by atoms with Gasteiger partial charge in [-0.05, 0) is 24.3 Å². The van der Waals surface area contributed by atoms with E-state index in [1.165, 1.54) is 24.4 Å². The average molecular weight is 362 g/mol. The van der Waals surface area contributed by atoms with Gasteiger partial charge in [0.25, 0.3) is 11.7 Å². The molecule has 1 unspecified atom stereocenters. The predicted molar refractivity (Wildman–Crippen MR) is 73.3 cm³/mol. The molecule has 2 aromatic rings. The van der Waals surface area contributed by atoms with Crippen LogP contribution in [0.5, 0.6) is 5.75 Å². The molecule has 0 spiro atoms. The summed E-state index contributed by atoms with van der Waals surface area (Å²) in [4.78, 5) is 12.0. The number of nitriles is 1. The van der Waals surface area contributed by atoms with Crippen LogP contribution in [0, 0.1) is 11.3 Å². The zero-order chi connectivity index (χ0) is 18.8. The molecule has 4 nitrogen and oxygen atoms in total. The molecule has 0 amide bonds. The van der Waals surface area contributed by atoms with Crippen molar-refractivity contribution in [3.63, 3.8) is 0 Å². The number of benzene rings is 1. The summed E-state index contributed by atoms with van der Waals surface area (Å²) in [7, 11) is 0. The van der Waals surface area contributed by atoms with Gasteiger partial charge in [0.2, 0.25) is 0 Å². The first-order valence-electron chi connectivity index (χ1n) is 6.56. The van der Waals surface area contributed by atoms with E-state index in [0.717, 1.165) is 22.8 Å². The van der Waals surface area contributed by atoms with Crippen LogP contribution >= 0.6 is 0 Å². The monoisotopic (exact) mass is 362 g/mol. The van der Waals surface area contributed by atoms with Gasteiger partial charge < -0.3 is 4.74 Å². The number of alkyl halides is 6. The Morgan fingerprint density at radius 3 is 2.40 bits per heavy atom. The summed E-state index contributed by atoms with van der Waals surface area (Å²) in [6.45, 7) is 0. The Morgan fingerprint density at radius 2 is 1.80 bits per heavy atom. The molecule has 0 aliphatic rings. The van der Waals surface area contributed by atoms with Crippen molar-refractivity contribution in [2.75, 3.05) is 0 Å². The molecule has 1 aromatic carbocycles. The second-order valence-corrected chi connectivity index (χ2v) is 4.77. The smallest absolute Gasteiger partial charge is 0.430 e. The molecular weight excluding hydrogens is 354 g/mol. The van der Waals surface area contributed by atoms with Crippen molar-refractivity contribution < 1.29 is 31.1 Å². The van der Waals surface area contributed by atoms with Gasteiger partial charge in [0.1, 0.15) is 17.4 Å². The minimum absolute atomic E-state index is 0.0576. The van der Waals surface area contributed by atoms with Gasteiger partial charge in [0, 0.05) is 12.3 Å². The normalized spacial score (nSPS) is 13.2. The summed E-state index contributed by atoms with van der Waals surface area (Å²) in [5.41, 5.74) is -1.06. The third-order valence-corrected chi connectivity index (χ3v) is 3.00. The molecule has 1 atom stereocenters. The molecule has 2 rings (SSSR count). The van der Waals surface area contributed by atoms with E-state index in [-0.39, 0.29) is 11.3 Å². The summed E-state index contributed by atoms with van der Waals surface area (Å²) in [5, 5.41) is 8.80. The molecule has 25 heavy (non-hydrogen) atoms. The van der Waals surface area contributed by atoms with Crippen molar-refractivity contribution in [1.82, 2.24) is 4.57 Å². The SMILES string of the molecule is N#Cc1cccn(-c2cccc(OC(F)(F)C(F)C(F)(F)F)c2)c1=O. The van der Waals surface area contributed by atoms with Crippen LogP contribution in [0.2, 0.25) is 0 Å². The summed E-state index contributed by atoms with van der Waals surface area (Å²) < 4.78 is 80.6. The largest absolute Gasteiger partial charge is 0.439 e. The van der Waals surface area contributed by atoms with E-state index in [9.17, 15) is 31.1 Å². The lowest BCUT2D eigenvalue weighted by atomic mass is 10.2. The molecule has 132 valence electrons. The van der Waals surface area contributed by atoms with Crippen LogP contribution in [0.1, 0.15) is 5.56 Å². The van der Waals surface area contributed by atoms with E-state index in [1.807, 2.05) is 0 Å². The molecule has 1 heterocycles. The molecule has 0 saturated carbocycles. The summed E-state index contributed by atoms with van der Waals surface area (Å²) in [5.74, 6) is -0.788. The van der Waals surface area contributed by atoms with Gasteiger partial charge in [-0.2, -0.15) is 27.2 Å². The van der Waals surface area contributed by atoms with Crippen molar-refractivity contribution in [2.45, 2.75) is 18.5 Å². The number of ether oxygens (including phenoxy) is 1. The molecular formula is C15H8F6N2O2. The van der Waals surface area contributed by atoms with Gasteiger partial charge in [-0.15, -0.1) is 0 Å². The Kier molecular flexibility index (Phi) is 4.78. The number of nitrogens with zero attached hydrogens (tertiary/aromatic N) is 2. The molecule has 0 aliphatic heterocycles. The maximum Gasteiger partial charge on any atom is 0.439 e. The topological polar surface area (TPSA) is 55.0 Å². The standard InChI is InChI=1S/C15H8F6N2O2/c16-13(14(17,18)19)15(20,21)25-11-5-1-4-10(7-11)23-6-2-3-9(8-22)12(23)24/h1-7,13H. The number of pyridine rings is 1. The highest BCUT2D eigenvalue weighted by Gasteiger charge is 2.59. The Bertz CT molecular complexity index is 869. The molecule has 0 saturated heterocycles. The first kappa shape index (κ1) is 18.4. The van der Waals surface area contributed by atoms with Crippen LogP contribution in [-0.2, 0) is 0 Å². The predicted octanol–water partition coefficient (Wildman–Crippen LogP) is 3.58. The Morgan fingerprint density at radius 1 is 1.12 bits per heavy atom. The number of rotatable bonds is 4. The number of hydrogen-bond acceptors (Lipinski definition) is 3. The van der Waals surface area contributed by atoms with Crippen molar-refractivity contribution >= 4 is 0 Å². The van der Waals surface area contributed by atoms with Gasteiger partial charge in [0.15, 0.2) is 0 Å². The highest BCUT2D eigenvalue weighted by atomic mass is 19.4. The zero-order valence-electron chi connectivity index (χ0n) is 12.1. The third-order valence-electron chi connectivity index (χ3n) is 3.00. The van der Waals surface area contributed by atoms with E-state index >= 15 is 0 Å². The van der Waals surface area contributed by atoms with Crippen molar-refractivity contribution in [3.05, 3.63) is 58.5 Å². The summed E-state index contributed by atoms with van der Waals surface area (Å²) in [6.07, 6.45) is -14.3. The maximum atomic E-state index is 13.3. The van der Waals surface area contributed by atoms with Gasteiger partial charge in [-0.3, -0.25) is 9.36 Å². The average Bonchev–Trinajstić information content (AvgIpc) is 2.53. The van der Waals surface area contributed by atoms with Gasteiger partial charge in [-0.1, -0.05) is 6.07 Å². The van der Waals surface area contributed by atoms with Crippen molar-refractivity contribution in [3.8, 4) is 17.5 Å². The van der Waals surface area contributed by atoms with Crippen LogP contribution in [-0.4, -0.2) is 23.0 Å². The summed E-state index contributed by atoms with van der Waals surface area (Å²) in [6, 6.07) is 8.27. The Balaban J connectivity index is 2.38. The Hall–Kier alpha value is -2.96. The fourth-order valence-electron chi connectivity index (χ4n) is 1.88. The zero-order valence-corrected chi connectivity index (χ0v) is 12.1. The lowest BCUT2D eigenvalue weighted by Crippen LogP contribution is -2.45. The lowest BCUT2D eigenvalue weighted by Gasteiger charge is -2.23. The quantitative estimate of drug-likeness (QED) is 0.782. The highest BCUT2D eigenvalue weighted by molar-refractivity contribution is 5.41. The minimum atomic E-state index is -5.81. The van der Waals surface area contributed by atoms with Crippen LogP contribution in [0.25, 0.3) is 5.69 Å². The first-order chi connectivity index (χ1) is 11.6. The fraction of sp³-hybridized carbons (Fsp3) is 0.200. The maximum absolute atomic E-state index is 13.3. The van der Waals surface area contributed by atoms with Gasteiger partial charge >= 0.3 is 12.3 Å². The minimum Gasteiger partial charge on any atom is -0.430 e. The molecule has 0 N–H and O–H groups in total. The molecule has 0 fully saturated rings. The van der Waals surface area contributed by atoms with Crippen molar-refractivity contribution in [1.29, 1.82) is 5.26 Å². The summed E-state index contributed by atoms with van der Waals surface area (Å²) >= 11 is 0. The van der Waals surface area contributed by atoms with E-state index < -0.39 is 29.8 Å². The van der Waals surface area contributed by atoms with Crippen LogP contribution in [0.4, 0.5) is 26.3 Å². The van der Waals surface area contributed by atoms with Gasteiger partial charge in [-0.25, -0.2) is 4.39 Å². The molecule has 1 aromatic heterocycles. The lowest BCUT2D eigenvalue weighted by molar-refractivity contribution is -0.304. The van der Waals surface area contributed by atoms with Crippen LogP contribution in [0.15, 0.2) is 47.4 Å². The second kappa shape index (κ2) is 6.51. The number of aromatic nitrogens is 1. The Labute approximate surface area is 136 Å². The second-order valence-electron chi connectivity index (χ2n) is 4.77. The molecule has 0 aliphatic carbocycles. The van der Waals surface area contributed by atoms with Crippen LogP contribution in [0.3, 0.4) is 0 Å². The van der Waals surface area contributed by atoms with E-state index in [0.29, 0.717) is 0 Å². The number of hydrogen-bond donors (Lipinski definition) is 0. The van der Waals surface area contributed by atoms with Crippen LogP contribution < -0.4 is 10.3 Å². The molecule has 0 radical (unpaired) electrons. The number of halogens is 6. The van der Waals surface area contributed by atoms with E-state index in [2.05, 4.69) is 4.74 Å². The first-order valence-corrected chi connectivity index (χ1v) is 6.56.